The maximum absolute atomic E-state index is 11.7. The quantitative estimate of drug-likeness (QED) is 0.639. The number of ether oxygens (including phenoxy) is 3. The van der Waals surface area contributed by atoms with Crippen molar-refractivity contribution < 1.29 is 23.8 Å². The monoisotopic (exact) mass is 333 g/mol. The second-order valence-corrected chi connectivity index (χ2v) is 5.57. The Morgan fingerprint density at radius 3 is 2.79 bits per heavy atom. The highest BCUT2D eigenvalue weighted by Gasteiger charge is 2.10. The van der Waals surface area contributed by atoms with Crippen LogP contribution in [-0.4, -0.2) is 37.7 Å². The van der Waals surface area contributed by atoms with Crippen LogP contribution < -0.4 is 14.8 Å². The fraction of sp³-hybridized carbons (Fsp3) is 0.444. The van der Waals surface area contributed by atoms with Gasteiger partial charge in [0.25, 0.3) is 5.91 Å². The number of hydrogen-bond donors (Lipinski definition) is 1. The van der Waals surface area contributed by atoms with Crippen molar-refractivity contribution in [3.05, 3.63) is 29.8 Å². The fourth-order valence-electron chi connectivity index (χ4n) is 2.05. The molecule has 1 aromatic carbocycles. The first-order valence-corrected chi connectivity index (χ1v) is 8.12. The molecule has 1 heterocycles. The minimum atomic E-state index is -0.568. The molecule has 0 spiro atoms. The van der Waals surface area contributed by atoms with Gasteiger partial charge in [0.1, 0.15) is 0 Å². The normalized spacial score (nSPS) is 14.8. The van der Waals surface area contributed by atoms with Gasteiger partial charge < -0.3 is 19.5 Å². The third-order valence-corrected chi connectivity index (χ3v) is 3.55. The number of amides is 1. The zero-order chi connectivity index (χ0) is 17.4. The fourth-order valence-corrected chi connectivity index (χ4v) is 2.05. The second-order valence-electron chi connectivity index (χ2n) is 5.57. The highest BCUT2D eigenvalue weighted by Crippen LogP contribution is 2.30. The number of esters is 1. The van der Waals surface area contributed by atoms with Gasteiger partial charge in [-0.05, 0) is 37.1 Å². The van der Waals surface area contributed by atoms with Crippen molar-refractivity contribution in [2.75, 3.05) is 19.8 Å². The average Bonchev–Trinajstić information content (AvgIpc) is 2.82. The van der Waals surface area contributed by atoms with Gasteiger partial charge in [0.2, 0.25) is 0 Å². The van der Waals surface area contributed by atoms with Gasteiger partial charge in [-0.3, -0.25) is 4.79 Å². The summed E-state index contributed by atoms with van der Waals surface area (Å²) in [5.41, 5.74) is 0.792. The molecule has 0 saturated heterocycles. The lowest BCUT2D eigenvalue weighted by Crippen LogP contribution is -2.35. The molecule has 2 rings (SSSR count). The molecule has 6 heteroatoms. The molecular weight excluding hydrogens is 310 g/mol. The Morgan fingerprint density at radius 2 is 2.04 bits per heavy atom. The minimum Gasteiger partial charge on any atom is -0.490 e. The van der Waals surface area contributed by atoms with E-state index in [1.807, 2.05) is 26.0 Å². The molecule has 1 amide bonds. The summed E-state index contributed by atoms with van der Waals surface area (Å²) < 4.78 is 16.1. The van der Waals surface area contributed by atoms with E-state index in [9.17, 15) is 9.59 Å². The molecule has 0 radical (unpaired) electrons. The van der Waals surface area contributed by atoms with Crippen LogP contribution in [0.4, 0.5) is 0 Å². The van der Waals surface area contributed by atoms with Crippen LogP contribution in [0.3, 0.4) is 0 Å². The smallest absolute Gasteiger partial charge is 0.331 e. The van der Waals surface area contributed by atoms with Crippen molar-refractivity contribution in [2.45, 2.75) is 32.7 Å². The van der Waals surface area contributed by atoms with E-state index in [0.29, 0.717) is 24.7 Å². The van der Waals surface area contributed by atoms with E-state index in [1.165, 1.54) is 6.08 Å². The van der Waals surface area contributed by atoms with E-state index >= 15 is 0 Å². The number of carbonyl (C=O) groups excluding carboxylic acids is 2. The van der Waals surface area contributed by atoms with Crippen molar-refractivity contribution in [1.82, 2.24) is 5.32 Å². The van der Waals surface area contributed by atoms with Crippen LogP contribution in [0.5, 0.6) is 11.5 Å². The maximum atomic E-state index is 11.7. The molecule has 6 nitrogen and oxygen atoms in total. The van der Waals surface area contributed by atoms with Crippen LogP contribution in [0.1, 0.15) is 32.3 Å². The van der Waals surface area contributed by atoms with Gasteiger partial charge in [0, 0.05) is 18.5 Å². The summed E-state index contributed by atoms with van der Waals surface area (Å²) in [7, 11) is 0. The number of benzene rings is 1. The van der Waals surface area contributed by atoms with E-state index in [4.69, 9.17) is 14.2 Å². The first-order valence-electron chi connectivity index (χ1n) is 8.12. The molecule has 24 heavy (non-hydrogen) atoms. The van der Waals surface area contributed by atoms with Crippen LogP contribution in [0.15, 0.2) is 24.3 Å². The van der Waals surface area contributed by atoms with Crippen LogP contribution in [0.25, 0.3) is 6.08 Å². The van der Waals surface area contributed by atoms with E-state index in [2.05, 4.69) is 5.32 Å². The summed E-state index contributed by atoms with van der Waals surface area (Å²) in [4.78, 5) is 23.2. The standard InChI is InChI=1S/C18H23NO5/c1-3-13(2)19-17(20)12-24-18(21)8-6-14-5-7-15-16(11-14)23-10-4-9-22-15/h5-8,11,13H,3-4,9-10,12H2,1-2H3,(H,19,20)/b8-6+/t13-/m0/s1. The molecule has 0 aromatic heterocycles. The Labute approximate surface area is 141 Å². The molecule has 0 aliphatic carbocycles. The Bertz CT molecular complexity index is 611. The Hall–Kier alpha value is -2.50. The van der Waals surface area contributed by atoms with Gasteiger partial charge >= 0.3 is 5.97 Å². The molecule has 0 fully saturated rings. The summed E-state index contributed by atoms with van der Waals surface area (Å²) in [5.74, 6) is 0.494. The summed E-state index contributed by atoms with van der Waals surface area (Å²) in [6.45, 7) is 4.81. The molecule has 0 saturated carbocycles. The first kappa shape index (κ1) is 17.8. The molecule has 1 aliphatic rings. The Kier molecular flexibility index (Phi) is 6.66. The topological polar surface area (TPSA) is 73.9 Å². The van der Waals surface area contributed by atoms with Crippen LogP contribution in [-0.2, 0) is 14.3 Å². The van der Waals surface area contributed by atoms with E-state index in [-0.39, 0.29) is 18.6 Å². The molecule has 130 valence electrons. The predicted octanol–water partition coefficient (Wildman–Crippen LogP) is 2.32. The molecule has 1 N–H and O–H groups in total. The van der Waals surface area contributed by atoms with Crippen LogP contribution in [0, 0.1) is 0 Å². The largest absolute Gasteiger partial charge is 0.490 e. The molecule has 1 atom stereocenters. The number of carbonyl (C=O) groups is 2. The Morgan fingerprint density at radius 1 is 1.29 bits per heavy atom. The number of fused-ring (bicyclic) bond motifs is 1. The summed E-state index contributed by atoms with van der Waals surface area (Å²) in [6, 6.07) is 5.51. The number of rotatable bonds is 6. The van der Waals surface area contributed by atoms with Gasteiger partial charge in [-0.2, -0.15) is 0 Å². The minimum absolute atomic E-state index is 0.0635. The number of nitrogens with one attached hydrogen (secondary N) is 1. The molecule has 0 unspecified atom stereocenters. The SMILES string of the molecule is CC[C@H](C)NC(=O)COC(=O)/C=C/c1ccc2c(c1)OCCCO2. The maximum Gasteiger partial charge on any atom is 0.331 e. The third-order valence-electron chi connectivity index (χ3n) is 3.55. The van der Waals surface area contributed by atoms with E-state index < -0.39 is 5.97 Å². The van der Waals surface area contributed by atoms with Crippen LogP contribution >= 0.6 is 0 Å². The van der Waals surface area contributed by atoms with Gasteiger partial charge in [0.15, 0.2) is 18.1 Å². The summed E-state index contributed by atoms with van der Waals surface area (Å²) in [5, 5.41) is 2.73. The third kappa shape index (κ3) is 5.61. The van der Waals surface area contributed by atoms with Gasteiger partial charge in [-0.25, -0.2) is 4.79 Å². The summed E-state index contributed by atoms with van der Waals surface area (Å²) >= 11 is 0. The van der Waals surface area contributed by atoms with Gasteiger partial charge in [-0.1, -0.05) is 13.0 Å². The Balaban J connectivity index is 1.85. The highest BCUT2D eigenvalue weighted by molar-refractivity contribution is 5.89. The molecule has 1 aromatic rings. The zero-order valence-corrected chi connectivity index (χ0v) is 14.0. The zero-order valence-electron chi connectivity index (χ0n) is 14.0. The first-order chi connectivity index (χ1) is 11.6. The van der Waals surface area contributed by atoms with Crippen LogP contribution in [0.2, 0.25) is 0 Å². The number of hydrogen-bond acceptors (Lipinski definition) is 5. The lowest BCUT2D eigenvalue weighted by Gasteiger charge is -2.10. The summed E-state index contributed by atoms with van der Waals surface area (Å²) in [6.07, 6.45) is 4.56. The molecule has 1 aliphatic heterocycles. The van der Waals surface area contributed by atoms with E-state index in [1.54, 1.807) is 12.1 Å². The van der Waals surface area contributed by atoms with Gasteiger partial charge in [-0.15, -0.1) is 0 Å². The average molecular weight is 333 g/mol. The lowest BCUT2D eigenvalue weighted by molar-refractivity contribution is -0.144. The predicted molar refractivity (Wildman–Crippen MR) is 89.9 cm³/mol. The molecular formula is C18H23NO5. The van der Waals surface area contributed by atoms with Crippen molar-refractivity contribution in [3.63, 3.8) is 0 Å². The second kappa shape index (κ2) is 8.96. The van der Waals surface area contributed by atoms with Crippen molar-refractivity contribution in [2.24, 2.45) is 0 Å². The van der Waals surface area contributed by atoms with Gasteiger partial charge in [0.05, 0.1) is 13.2 Å². The van der Waals surface area contributed by atoms with Crippen molar-refractivity contribution in [3.8, 4) is 11.5 Å². The highest BCUT2D eigenvalue weighted by atomic mass is 16.5. The molecule has 0 bridgehead atoms. The van der Waals surface area contributed by atoms with Crippen molar-refractivity contribution >= 4 is 18.0 Å². The van der Waals surface area contributed by atoms with E-state index in [0.717, 1.165) is 18.4 Å². The van der Waals surface area contributed by atoms with Crippen molar-refractivity contribution in [1.29, 1.82) is 0 Å². The lowest BCUT2D eigenvalue weighted by atomic mass is 10.2.